The van der Waals surface area contributed by atoms with Crippen molar-refractivity contribution in [3.63, 3.8) is 0 Å². The van der Waals surface area contributed by atoms with Crippen LogP contribution in [0.2, 0.25) is 0 Å². The predicted octanol–water partition coefficient (Wildman–Crippen LogP) is 0.575. The zero-order valence-electron chi connectivity index (χ0n) is 18.1. The molecule has 0 aromatic carbocycles. The maximum Gasteiger partial charge on any atom is 0.227 e. The number of piperazine rings is 1. The van der Waals surface area contributed by atoms with Gasteiger partial charge in [0, 0.05) is 64.6 Å². The molecule has 3 aliphatic heterocycles. The summed E-state index contributed by atoms with van der Waals surface area (Å²) in [6, 6.07) is 4.13. The highest BCUT2D eigenvalue weighted by molar-refractivity contribution is 5.53. The second-order valence-corrected chi connectivity index (χ2v) is 8.02. The molecule has 166 valence electrons. The molecule has 0 aliphatic carbocycles. The highest BCUT2D eigenvalue weighted by Gasteiger charge is 2.23. The average Bonchev–Trinajstić information content (AvgIpc) is 2.85. The van der Waals surface area contributed by atoms with E-state index in [0.717, 1.165) is 108 Å². The number of rotatable bonds is 4. The summed E-state index contributed by atoms with van der Waals surface area (Å²) in [7, 11) is 0. The Labute approximate surface area is 182 Å². The van der Waals surface area contributed by atoms with Gasteiger partial charge in [0.1, 0.15) is 23.3 Å². The van der Waals surface area contributed by atoms with E-state index in [1.807, 2.05) is 19.2 Å². The summed E-state index contributed by atoms with van der Waals surface area (Å²) in [6.07, 6.45) is 1.86. The molecular formula is C21H30N8O2. The first-order chi connectivity index (χ1) is 15.3. The van der Waals surface area contributed by atoms with Gasteiger partial charge >= 0.3 is 0 Å². The topological polar surface area (TPSA) is 83.0 Å². The quantitative estimate of drug-likeness (QED) is 0.692. The molecule has 0 spiro atoms. The number of hydrogen-bond acceptors (Lipinski definition) is 10. The molecule has 10 heteroatoms. The van der Waals surface area contributed by atoms with Gasteiger partial charge < -0.3 is 29.1 Å². The summed E-state index contributed by atoms with van der Waals surface area (Å²) in [6.45, 7) is 12.0. The summed E-state index contributed by atoms with van der Waals surface area (Å²) in [5.41, 5.74) is 0. The van der Waals surface area contributed by atoms with E-state index in [9.17, 15) is 0 Å². The van der Waals surface area contributed by atoms with Crippen molar-refractivity contribution < 1.29 is 9.47 Å². The van der Waals surface area contributed by atoms with E-state index in [-0.39, 0.29) is 0 Å². The lowest BCUT2D eigenvalue weighted by Crippen LogP contribution is -2.47. The number of morpholine rings is 2. The zero-order valence-corrected chi connectivity index (χ0v) is 18.1. The van der Waals surface area contributed by atoms with Crippen LogP contribution < -0.4 is 19.6 Å². The molecule has 0 N–H and O–H groups in total. The molecule has 0 amide bonds. The smallest absolute Gasteiger partial charge is 0.227 e. The molecule has 5 heterocycles. The van der Waals surface area contributed by atoms with Crippen LogP contribution in [0.1, 0.15) is 5.82 Å². The summed E-state index contributed by atoms with van der Waals surface area (Å²) in [4.78, 5) is 27.8. The third-order valence-electron chi connectivity index (χ3n) is 6.00. The summed E-state index contributed by atoms with van der Waals surface area (Å²) < 4.78 is 10.9. The molecule has 0 unspecified atom stereocenters. The fourth-order valence-corrected chi connectivity index (χ4v) is 4.25. The molecule has 3 saturated heterocycles. The Balaban J connectivity index is 1.25. The minimum absolute atomic E-state index is 0.733. The van der Waals surface area contributed by atoms with Crippen molar-refractivity contribution in [2.75, 3.05) is 98.4 Å². The number of anilines is 4. The Kier molecular flexibility index (Phi) is 5.99. The fourth-order valence-electron chi connectivity index (χ4n) is 4.25. The molecule has 2 aromatic heterocycles. The lowest BCUT2D eigenvalue weighted by Gasteiger charge is -2.37. The second kappa shape index (κ2) is 9.19. The Morgan fingerprint density at radius 2 is 1.16 bits per heavy atom. The van der Waals surface area contributed by atoms with Crippen LogP contribution in [0.3, 0.4) is 0 Å². The molecule has 5 rings (SSSR count). The van der Waals surface area contributed by atoms with Gasteiger partial charge in [0.25, 0.3) is 0 Å². The van der Waals surface area contributed by atoms with E-state index >= 15 is 0 Å². The normalized spacial score (nSPS) is 20.3. The summed E-state index contributed by atoms with van der Waals surface area (Å²) in [5, 5.41) is 0. The highest BCUT2D eigenvalue weighted by atomic mass is 16.5. The number of aromatic nitrogens is 4. The van der Waals surface area contributed by atoms with E-state index in [1.54, 1.807) is 0 Å². The van der Waals surface area contributed by atoms with Crippen LogP contribution >= 0.6 is 0 Å². The SMILES string of the molecule is Cc1nc(N2CCOCC2)cc(N2CCN(c3ccnc(N4CCOCC4)n3)CC2)n1. The van der Waals surface area contributed by atoms with Crippen LogP contribution in [0.15, 0.2) is 18.3 Å². The molecule has 0 bridgehead atoms. The van der Waals surface area contributed by atoms with Gasteiger partial charge in [-0.2, -0.15) is 4.98 Å². The zero-order chi connectivity index (χ0) is 21.0. The molecule has 31 heavy (non-hydrogen) atoms. The molecule has 10 nitrogen and oxygen atoms in total. The molecule has 3 aliphatic rings. The summed E-state index contributed by atoms with van der Waals surface area (Å²) >= 11 is 0. The lowest BCUT2D eigenvalue weighted by atomic mass is 10.3. The standard InChI is InChI=1S/C21H30N8O2/c1-17-23-19(16-20(24-17)28-8-12-30-13-9-28)27-6-4-26(5-7-27)18-2-3-22-21(25-18)29-10-14-31-15-11-29/h2-3,16H,4-15H2,1H3. The van der Waals surface area contributed by atoms with Crippen molar-refractivity contribution in [2.45, 2.75) is 6.92 Å². The first-order valence-corrected chi connectivity index (χ1v) is 11.1. The first kappa shape index (κ1) is 20.2. The molecule has 3 fully saturated rings. The van der Waals surface area contributed by atoms with Crippen molar-refractivity contribution in [2.24, 2.45) is 0 Å². The lowest BCUT2D eigenvalue weighted by molar-refractivity contribution is 0.122. The number of aryl methyl sites for hydroxylation is 1. The third-order valence-corrected chi connectivity index (χ3v) is 6.00. The second-order valence-electron chi connectivity index (χ2n) is 8.02. The van der Waals surface area contributed by atoms with Crippen LogP contribution in [-0.4, -0.2) is 98.7 Å². The van der Waals surface area contributed by atoms with Crippen LogP contribution in [0.4, 0.5) is 23.4 Å². The minimum atomic E-state index is 0.733. The maximum atomic E-state index is 5.48. The van der Waals surface area contributed by atoms with Gasteiger partial charge in [-0.05, 0) is 13.0 Å². The molecule has 0 saturated carbocycles. The van der Waals surface area contributed by atoms with Gasteiger partial charge in [-0.3, -0.25) is 0 Å². The van der Waals surface area contributed by atoms with Crippen LogP contribution in [-0.2, 0) is 9.47 Å². The molecule has 0 radical (unpaired) electrons. The van der Waals surface area contributed by atoms with Gasteiger partial charge in [-0.25, -0.2) is 15.0 Å². The van der Waals surface area contributed by atoms with Crippen molar-refractivity contribution >= 4 is 23.4 Å². The van der Waals surface area contributed by atoms with E-state index in [4.69, 9.17) is 19.4 Å². The molecule has 2 aromatic rings. The van der Waals surface area contributed by atoms with Crippen molar-refractivity contribution in [1.29, 1.82) is 0 Å². The molecular weight excluding hydrogens is 396 g/mol. The Morgan fingerprint density at radius 3 is 1.77 bits per heavy atom. The Hall–Kier alpha value is -2.72. The minimum Gasteiger partial charge on any atom is -0.378 e. The number of ether oxygens (including phenoxy) is 2. The van der Waals surface area contributed by atoms with Gasteiger partial charge in [0.2, 0.25) is 5.95 Å². The fraction of sp³-hybridized carbons (Fsp3) is 0.619. The predicted molar refractivity (Wildman–Crippen MR) is 119 cm³/mol. The Bertz CT molecular complexity index is 877. The maximum absolute atomic E-state index is 5.48. The van der Waals surface area contributed by atoms with Crippen molar-refractivity contribution in [3.8, 4) is 0 Å². The molecule has 0 atom stereocenters. The Morgan fingerprint density at radius 1 is 0.645 bits per heavy atom. The number of nitrogens with zero attached hydrogens (tertiary/aromatic N) is 8. The van der Waals surface area contributed by atoms with Crippen LogP contribution in [0.5, 0.6) is 0 Å². The van der Waals surface area contributed by atoms with Crippen LogP contribution in [0.25, 0.3) is 0 Å². The van der Waals surface area contributed by atoms with Gasteiger partial charge in [-0.15, -0.1) is 0 Å². The monoisotopic (exact) mass is 426 g/mol. The van der Waals surface area contributed by atoms with Gasteiger partial charge in [0.15, 0.2) is 0 Å². The van der Waals surface area contributed by atoms with E-state index in [0.29, 0.717) is 0 Å². The third kappa shape index (κ3) is 4.64. The number of hydrogen-bond donors (Lipinski definition) is 0. The summed E-state index contributed by atoms with van der Waals surface area (Å²) in [5.74, 6) is 4.60. The van der Waals surface area contributed by atoms with Crippen LogP contribution in [0, 0.1) is 6.92 Å². The van der Waals surface area contributed by atoms with Gasteiger partial charge in [-0.1, -0.05) is 0 Å². The van der Waals surface area contributed by atoms with Crippen molar-refractivity contribution in [1.82, 2.24) is 19.9 Å². The largest absolute Gasteiger partial charge is 0.378 e. The average molecular weight is 427 g/mol. The highest BCUT2D eigenvalue weighted by Crippen LogP contribution is 2.23. The van der Waals surface area contributed by atoms with E-state index in [1.165, 1.54) is 0 Å². The van der Waals surface area contributed by atoms with E-state index < -0.39 is 0 Å². The van der Waals surface area contributed by atoms with E-state index in [2.05, 4.69) is 35.6 Å². The van der Waals surface area contributed by atoms with Gasteiger partial charge in [0.05, 0.1) is 26.4 Å². The van der Waals surface area contributed by atoms with Crippen molar-refractivity contribution in [3.05, 3.63) is 24.2 Å². The first-order valence-electron chi connectivity index (χ1n) is 11.1.